The average molecular weight is 445 g/mol. The largest absolute Gasteiger partial charge is 0.397 e. The SMILES string of the molecule is CC(=O)Nc1nc(CCc2ccc(N)c(N)c2)c(Cc2ccc(S(C)(=O)=O)cc2)s1. The van der Waals surface area contributed by atoms with E-state index in [1.165, 1.54) is 24.5 Å². The lowest BCUT2D eigenvalue weighted by Gasteiger charge is -2.06. The van der Waals surface area contributed by atoms with Crippen LogP contribution in [-0.2, 0) is 33.9 Å². The van der Waals surface area contributed by atoms with E-state index < -0.39 is 9.84 Å². The Hall–Kier alpha value is -2.91. The highest BCUT2D eigenvalue weighted by atomic mass is 32.2. The van der Waals surface area contributed by atoms with E-state index in [9.17, 15) is 13.2 Å². The molecule has 30 heavy (non-hydrogen) atoms. The van der Waals surface area contributed by atoms with Crippen LogP contribution in [0.2, 0.25) is 0 Å². The number of hydrogen-bond donors (Lipinski definition) is 3. The maximum Gasteiger partial charge on any atom is 0.223 e. The molecule has 0 bridgehead atoms. The number of aromatic nitrogens is 1. The Morgan fingerprint density at radius 1 is 1.03 bits per heavy atom. The predicted octanol–water partition coefficient (Wildman–Crippen LogP) is 3.05. The lowest BCUT2D eigenvalue weighted by molar-refractivity contribution is -0.114. The summed E-state index contributed by atoms with van der Waals surface area (Å²) in [4.78, 5) is 17.3. The zero-order valence-corrected chi connectivity index (χ0v) is 18.4. The first-order valence-electron chi connectivity index (χ1n) is 9.31. The Bertz CT molecular complexity index is 1170. The molecule has 0 spiro atoms. The second-order valence-electron chi connectivity index (χ2n) is 7.13. The van der Waals surface area contributed by atoms with Crippen molar-refractivity contribution < 1.29 is 13.2 Å². The van der Waals surface area contributed by atoms with Gasteiger partial charge in [-0.15, -0.1) is 11.3 Å². The van der Waals surface area contributed by atoms with Gasteiger partial charge in [-0.1, -0.05) is 18.2 Å². The monoisotopic (exact) mass is 444 g/mol. The van der Waals surface area contributed by atoms with E-state index >= 15 is 0 Å². The van der Waals surface area contributed by atoms with Gasteiger partial charge in [0.05, 0.1) is 22.0 Å². The van der Waals surface area contributed by atoms with Crippen molar-refractivity contribution in [2.45, 2.75) is 31.1 Å². The minimum absolute atomic E-state index is 0.175. The van der Waals surface area contributed by atoms with Gasteiger partial charge in [0.1, 0.15) is 0 Å². The second kappa shape index (κ2) is 8.85. The molecular weight excluding hydrogens is 420 g/mol. The fraction of sp³-hybridized carbons (Fsp3) is 0.238. The van der Waals surface area contributed by atoms with E-state index in [0.29, 0.717) is 29.3 Å². The van der Waals surface area contributed by atoms with Crippen molar-refractivity contribution in [3.05, 3.63) is 64.2 Å². The maximum absolute atomic E-state index is 11.7. The summed E-state index contributed by atoms with van der Waals surface area (Å²) in [5.41, 5.74) is 15.7. The number of benzene rings is 2. The predicted molar refractivity (Wildman–Crippen MR) is 121 cm³/mol. The molecule has 158 valence electrons. The van der Waals surface area contributed by atoms with Crippen LogP contribution in [-0.4, -0.2) is 25.6 Å². The molecule has 0 aliphatic carbocycles. The van der Waals surface area contributed by atoms with Crippen molar-refractivity contribution in [1.29, 1.82) is 0 Å². The van der Waals surface area contributed by atoms with Gasteiger partial charge in [-0.3, -0.25) is 4.79 Å². The highest BCUT2D eigenvalue weighted by Crippen LogP contribution is 2.28. The van der Waals surface area contributed by atoms with Crippen LogP contribution in [0.15, 0.2) is 47.4 Å². The van der Waals surface area contributed by atoms with Crippen molar-refractivity contribution in [3.8, 4) is 0 Å². The van der Waals surface area contributed by atoms with E-state index in [-0.39, 0.29) is 10.8 Å². The van der Waals surface area contributed by atoms with Gasteiger partial charge in [0, 0.05) is 24.5 Å². The lowest BCUT2D eigenvalue weighted by Crippen LogP contribution is -2.05. The van der Waals surface area contributed by atoms with E-state index in [0.717, 1.165) is 28.1 Å². The molecule has 0 saturated heterocycles. The molecule has 0 fully saturated rings. The minimum Gasteiger partial charge on any atom is -0.397 e. The zero-order chi connectivity index (χ0) is 21.9. The zero-order valence-electron chi connectivity index (χ0n) is 16.8. The number of carbonyl (C=O) groups is 1. The Morgan fingerprint density at radius 2 is 1.70 bits per heavy atom. The van der Waals surface area contributed by atoms with Crippen LogP contribution in [0.1, 0.15) is 28.6 Å². The molecule has 0 radical (unpaired) electrons. The van der Waals surface area contributed by atoms with Gasteiger partial charge in [-0.2, -0.15) is 0 Å². The van der Waals surface area contributed by atoms with Gasteiger partial charge in [0.2, 0.25) is 5.91 Å². The molecule has 7 nitrogen and oxygen atoms in total. The molecular formula is C21H24N4O3S2. The number of amides is 1. The molecule has 2 aromatic carbocycles. The molecule has 0 aliphatic rings. The molecule has 0 aliphatic heterocycles. The van der Waals surface area contributed by atoms with Gasteiger partial charge >= 0.3 is 0 Å². The third kappa shape index (κ3) is 5.58. The quantitative estimate of drug-likeness (QED) is 0.481. The van der Waals surface area contributed by atoms with E-state index in [1.54, 1.807) is 30.3 Å². The van der Waals surface area contributed by atoms with Gasteiger partial charge in [0.15, 0.2) is 15.0 Å². The number of carbonyl (C=O) groups excluding carboxylic acids is 1. The minimum atomic E-state index is -3.23. The molecule has 3 aromatic rings. The normalized spacial score (nSPS) is 11.4. The molecule has 0 unspecified atom stereocenters. The van der Waals surface area contributed by atoms with E-state index in [2.05, 4.69) is 10.3 Å². The summed E-state index contributed by atoms with van der Waals surface area (Å²) >= 11 is 1.43. The number of nitrogen functional groups attached to an aromatic ring is 2. The summed E-state index contributed by atoms with van der Waals surface area (Å²) in [6.07, 6.45) is 3.19. The average Bonchev–Trinajstić information content (AvgIpc) is 3.02. The van der Waals surface area contributed by atoms with Crippen molar-refractivity contribution in [1.82, 2.24) is 4.98 Å². The molecule has 1 aromatic heterocycles. The Kier molecular flexibility index (Phi) is 6.42. The molecule has 1 amide bonds. The number of nitrogens with one attached hydrogen (secondary N) is 1. The third-order valence-corrected chi connectivity index (χ3v) is 6.72. The first kappa shape index (κ1) is 21.8. The van der Waals surface area contributed by atoms with Crippen LogP contribution in [0.3, 0.4) is 0 Å². The number of hydrogen-bond acceptors (Lipinski definition) is 7. The number of nitrogens with two attached hydrogens (primary N) is 2. The smallest absolute Gasteiger partial charge is 0.223 e. The van der Waals surface area contributed by atoms with Crippen molar-refractivity contribution >= 4 is 43.6 Å². The van der Waals surface area contributed by atoms with Crippen molar-refractivity contribution in [3.63, 3.8) is 0 Å². The van der Waals surface area contributed by atoms with Crippen LogP contribution >= 0.6 is 11.3 Å². The molecule has 9 heteroatoms. The molecule has 3 rings (SSSR count). The summed E-state index contributed by atoms with van der Waals surface area (Å²) in [6.45, 7) is 1.45. The number of thiazole rings is 1. The van der Waals surface area contributed by atoms with Gasteiger partial charge in [0.25, 0.3) is 0 Å². The van der Waals surface area contributed by atoms with Crippen LogP contribution in [0.25, 0.3) is 0 Å². The number of aryl methyl sites for hydroxylation is 2. The van der Waals surface area contributed by atoms with E-state index in [1.807, 2.05) is 12.1 Å². The van der Waals surface area contributed by atoms with Gasteiger partial charge in [-0.05, 0) is 48.2 Å². The molecule has 0 saturated carbocycles. The fourth-order valence-electron chi connectivity index (χ4n) is 3.00. The van der Waals surface area contributed by atoms with Crippen LogP contribution in [0.4, 0.5) is 16.5 Å². The summed E-state index contributed by atoms with van der Waals surface area (Å²) < 4.78 is 23.3. The van der Waals surface area contributed by atoms with Crippen LogP contribution < -0.4 is 16.8 Å². The first-order chi connectivity index (χ1) is 14.1. The number of anilines is 3. The summed E-state index contributed by atoms with van der Waals surface area (Å²) in [5.74, 6) is -0.175. The number of rotatable bonds is 7. The van der Waals surface area contributed by atoms with Crippen LogP contribution in [0, 0.1) is 0 Å². The van der Waals surface area contributed by atoms with E-state index in [4.69, 9.17) is 11.5 Å². The summed E-state index contributed by atoms with van der Waals surface area (Å²) in [7, 11) is -3.23. The molecule has 5 N–H and O–H groups in total. The van der Waals surface area contributed by atoms with Gasteiger partial charge in [-0.25, -0.2) is 13.4 Å². The Morgan fingerprint density at radius 3 is 2.30 bits per heavy atom. The maximum atomic E-state index is 11.7. The van der Waals surface area contributed by atoms with Crippen molar-refractivity contribution in [2.75, 3.05) is 23.0 Å². The number of nitrogens with zero attached hydrogens (tertiary/aromatic N) is 1. The Labute approximate surface area is 180 Å². The van der Waals surface area contributed by atoms with Crippen molar-refractivity contribution in [2.24, 2.45) is 0 Å². The first-order valence-corrected chi connectivity index (χ1v) is 12.0. The Balaban J connectivity index is 1.82. The molecule has 0 atom stereocenters. The fourth-order valence-corrected chi connectivity index (χ4v) is 4.72. The second-order valence-corrected chi connectivity index (χ2v) is 10.2. The highest BCUT2D eigenvalue weighted by molar-refractivity contribution is 7.90. The molecule has 1 heterocycles. The number of sulfone groups is 1. The summed E-state index contributed by atoms with van der Waals surface area (Å²) in [5, 5.41) is 3.30. The van der Waals surface area contributed by atoms with Crippen LogP contribution in [0.5, 0.6) is 0 Å². The topological polar surface area (TPSA) is 128 Å². The lowest BCUT2D eigenvalue weighted by atomic mass is 10.0. The highest BCUT2D eigenvalue weighted by Gasteiger charge is 2.14. The summed E-state index contributed by atoms with van der Waals surface area (Å²) in [6, 6.07) is 12.4. The third-order valence-electron chi connectivity index (χ3n) is 4.58. The standard InChI is InChI=1S/C21H24N4O3S2/c1-13(26)24-21-25-19(10-6-14-5-9-17(22)18(23)11-14)20(29-21)12-15-3-7-16(8-4-15)30(2,27)28/h3-5,7-9,11H,6,10,12,22-23H2,1-2H3,(H,24,25,26). The van der Waals surface area contributed by atoms with Gasteiger partial charge < -0.3 is 16.8 Å².